The second-order valence-electron chi connectivity index (χ2n) is 6.32. The van der Waals surface area contributed by atoms with Crippen LogP contribution in [0.1, 0.15) is 27.9 Å². The van der Waals surface area contributed by atoms with Crippen molar-refractivity contribution in [1.29, 1.82) is 0 Å². The highest BCUT2D eigenvalue weighted by atomic mass is 19.1. The first kappa shape index (κ1) is 18.6. The Kier molecular flexibility index (Phi) is 5.49. The first-order valence-corrected chi connectivity index (χ1v) is 8.52. The lowest BCUT2D eigenvalue weighted by atomic mass is 10.0. The van der Waals surface area contributed by atoms with Gasteiger partial charge in [-0.3, -0.25) is 9.59 Å². The third-order valence-electron chi connectivity index (χ3n) is 4.34. The van der Waals surface area contributed by atoms with Gasteiger partial charge in [0.1, 0.15) is 5.82 Å². The van der Waals surface area contributed by atoms with E-state index in [0.717, 1.165) is 5.56 Å². The van der Waals surface area contributed by atoms with E-state index >= 15 is 0 Å². The van der Waals surface area contributed by atoms with Crippen LogP contribution in [0.2, 0.25) is 0 Å². The zero-order valence-electron chi connectivity index (χ0n) is 15.1. The largest absolute Gasteiger partial charge is 0.382 e. The summed E-state index contributed by atoms with van der Waals surface area (Å²) >= 11 is 0. The minimum atomic E-state index is -0.724. The molecule has 140 valence electrons. The van der Waals surface area contributed by atoms with Crippen molar-refractivity contribution in [2.75, 3.05) is 14.1 Å². The summed E-state index contributed by atoms with van der Waals surface area (Å²) in [5.41, 5.74) is 2.61. The molecule has 0 fully saturated rings. The van der Waals surface area contributed by atoms with Crippen molar-refractivity contribution in [3.05, 3.63) is 71.0 Å². The number of nitrogens with one attached hydrogen (secondary N) is 1. The molecule has 0 aliphatic carbocycles. The van der Waals surface area contributed by atoms with E-state index < -0.39 is 6.10 Å². The second-order valence-corrected chi connectivity index (χ2v) is 6.32. The summed E-state index contributed by atoms with van der Waals surface area (Å²) < 4.78 is 13.4. The molecule has 7 heteroatoms. The molecule has 1 aliphatic heterocycles. The van der Waals surface area contributed by atoms with Crippen LogP contribution in [0.15, 0.2) is 53.7 Å². The van der Waals surface area contributed by atoms with Gasteiger partial charge in [-0.2, -0.15) is 0 Å². The van der Waals surface area contributed by atoms with Crippen LogP contribution in [0.4, 0.5) is 4.39 Å². The fourth-order valence-corrected chi connectivity index (χ4v) is 2.85. The van der Waals surface area contributed by atoms with Gasteiger partial charge < -0.3 is 15.1 Å². The molecule has 0 saturated carbocycles. The molecule has 3 rings (SSSR count). The Morgan fingerprint density at radius 3 is 2.67 bits per heavy atom. The van der Waals surface area contributed by atoms with E-state index in [4.69, 9.17) is 4.84 Å². The summed E-state index contributed by atoms with van der Waals surface area (Å²) in [7, 11) is 3.25. The van der Waals surface area contributed by atoms with E-state index in [-0.39, 0.29) is 17.6 Å². The van der Waals surface area contributed by atoms with Gasteiger partial charge in [0, 0.05) is 38.2 Å². The van der Waals surface area contributed by atoms with Crippen molar-refractivity contribution in [3.63, 3.8) is 0 Å². The molecule has 0 bridgehead atoms. The first-order valence-electron chi connectivity index (χ1n) is 8.52. The Bertz CT molecular complexity index is 880. The summed E-state index contributed by atoms with van der Waals surface area (Å²) in [5.74, 6) is -0.727. The maximum Gasteiger partial charge on any atom is 0.266 e. The molecule has 1 atom stereocenters. The van der Waals surface area contributed by atoms with Crippen molar-refractivity contribution >= 4 is 17.5 Å². The van der Waals surface area contributed by atoms with Crippen LogP contribution in [0.5, 0.6) is 0 Å². The van der Waals surface area contributed by atoms with Crippen LogP contribution in [0, 0.1) is 5.82 Å². The number of amides is 2. The van der Waals surface area contributed by atoms with E-state index in [0.29, 0.717) is 29.8 Å². The third-order valence-corrected chi connectivity index (χ3v) is 4.34. The summed E-state index contributed by atoms with van der Waals surface area (Å²) in [4.78, 5) is 31.0. The molecular weight excluding hydrogens is 349 g/mol. The maximum atomic E-state index is 13.4. The molecule has 0 spiro atoms. The molecule has 1 N–H and O–H groups in total. The molecule has 27 heavy (non-hydrogen) atoms. The number of carbonyl (C=O) groups is 2. The molecule has 6 nitrogen and oxygen atoms in total. The fraction of sp³-hybridized carbons (Fsp3) is 0.250. The van der Waals surface area contributed by atoms with E-state index in [1.807, 2.05) is 0 Å². The Morgan fingerprint density at radius 1 is 1.26 bits per heavy atom. The molecule has 2 aromatic rings. The predicted octanol–water partition coefficient (Wildman–Crippen LogP) is 2.34. The van der Waals surface area contributed by atoms with Crippen molar-refractivity contribution in [2.45, 2.75) is 19.1 Å². The summed E-state index contributed by atoms with van der Waals surface area (Å²) in [6.07, 6.45) is -0.430. The second kappa shape index (κ2) is 7.99. The van der Waals surface area contributed by atoms with E-state index in [2.05, 4.69) is 10.5 Å². The Hall–Kier alpha value is -3.22. The monoisotopic (exact) mass is 369 g/mol. The number of oxime groups is 1. The van der Waals surface area contributed by atoms with E-state index in [1.54, 1.807) is 55.4 Å². The quantitative estimate of drug-likeness (QED) is 0.879. The number of halogens is 1. The average Bonchev–Trinajstić information content (AvgIpc) is 3.17. The lowest BCUT2D eigenvalue weighted by molar-refractivity contribution is -0.141. The lowest BCUT2D eigenvalue weighted by Crippen LogP contribution is -2.36. The number of rotatable bonds is 5. The van der Waals surface area contributed by atoms with Gasteiger partial charge in [0.25, 0.3) is 11.8 Å². The van der Waals surface area contributed by atoms with Gasteiger partial charge in [0.2, 0.25) is 6.10 Å². The zero-order chi connectivity index (χ0) is 19.4. The van der Waals surface area contributed by atoms with Gasteiger partial charge in [0.15, 0.2) is 0 Å². The number of likely N-dealkylation sites (N-methyl/N-ethyl adjacent to an activating group) is 1. The van der Waals surface area contributed by atoms with Crippen molar-refractivity contribution in [2.24, 2.45) is 5.16 Å². The Morgan fingerprint density at radius 2 is 2.00 bits per heavy atom. The molecule has 2 aromatic carbocycles. The van der Waals surface area contributed by atoms with Gasteiger partial charge in [-0.1, -0.05) is 29.4 Å². The Balaban J connectivity index is 1.59. The van der Waals surface area contributed by atoms with Crippen molar-refractivity contribution in [3.8, 4) is 0 Å². The topological polar surface area (TPSA) is 71.0 Å². The van der Waals surface area contributed by atoms with Crippen LogP contribution in [-0.4, -0.2) is 42.6 Å². The standard InChI is InChI=1S/C20H20FN3O3/c1-22-19(25)14-8-6-13(7-9-14)12-24(2)20(26)18-11-17(23-27-18)15-4-3-5-16(21)10-15/h3-10,18H,11-12H2,1-2H3,(H,22,25)/t18-/m1/s1. The minimum absolute atomic E-state index is 0.160. The summed E-state index contributed by atoms with van der Waals surface area (Å²) in [6.45, 7) is 0.377. The lowest BCUT2D eigenvalue weighted by Gasteiger charge is -2.20. The Labute approximate surface area is 156 Å². The average molecular weight is 369 g/mol. The summed E-state index contributed by atoms with van der Waals surface area (Å²) in [5, 5.41) is 6.50. The van der Waals surface area contributed by atoms with Crippen LogP contribution < -0.4 is 5.32 Å². The highest BCUT2D eigenvalue weighted by molar-refractivity contribution is 6.04. The SMILES string of the molecule is CNC(=O)c1ccc(CN(C)C(=O)[C@H]2CC(c3cccc(F)c3)=NO2)cc1. The molecule has 1 aliphatic rings. The van der Waals surface area contributed by atoms with Crippen LogP contribution in [0.25, 0.3) is 0 Å². The molecule has 0 radical (unpaired) electrons. The number of hydrogen-bond donors (Lipinski definition) is 1. The van der Waals surface area contributed by atoms with E-state index in [1.165, 1.54) is 12.1 Å². The smallest absolute Gasteiger partial charge is 0.266 e. The van der Waals surface area contributed by atoms with Crippen LogP contribution in [-0.2, 0) is 16.2 Å². The molecule has 0 aromatic heterocycles. The van der Waals surface area contributed by atoms with Gasteiger partial charge in [-0.05, 0) is 29.8 Å². The highest BCUT2D eigenvalue weighted by Crippen LogP contribution is 2.19. The number of benzene rings is 2. The third kappa shape index (κ3) is 4.31. The maximum absolute atomic E-state index is 13.4. The first-order chi connectivity index (χ1) is 13.0. The molecular formula is C20H20FN3O3. The van der Waals surface area contributed by atoms with Crippen molar-refractivity contribution < 1.29 is 18.8 Å². The molecule has 2 amide bonds. The van der Waals surface area contributed by atoms with Crippen molar-refractivity contribution in [1.82, 2.24) is 10.2 Å². The number of nitrogens with zero attached hydrogens (tertiary/aromatic N) is 2. The van der Waals surface area contributed by atoms with E-state index in [9.17, 15) is 14.0 Å². The predicted molar refractivity (Wildman–Crippen MR) is 98.7 cm³/mol. The molecule has 0 saturated heterocycles. The van der Waals surface area contributed by atoms with Gasteiger partial charge in [0.05, 0.1) is 5.71 Å². The summed E-state index contributed by atoms with van der Waals surface area (Å²) in [6, 6.07) is 13.1. The minimum Gasteiger partial charge on any atom is -0.382 e. The van der Waals surface area contributed by atoms with Gasteiger partial charge >= 0.3 is 0 Å². The highest BCUT2D eigenvalue weighted by Gasteiger charge is 2.31. The van der Waals surface area contributed by atoms with Crippen LogP contribution >= 0.6 is 0 Å². The van der Waals surface area contributed by atoms with Gasteiger partial charge in [-0.15, -0.1) is 0 Å². The van der Waals surface area contributed by atoms with Crippen LogP contribution in [0.3, 0.4) is 0 Å². The van der Waals surface area contributed by atoms with Gasteiger partial charge in [-0.25, -0.2) is 4.39 Å². The zero-order valence-corrected chi connectivity index (χ0v) is 15.1. The molecule has 0 unspecified atom stereocenters. The fourth-order valence-electron chi connectivity index (χ4n) is 2.85. The number of carbonyl (C=O) groups excluding carboxylic acids is 2. The molecule has 1 heterocycles. The normalized spacial score (nSPS) is 15.7. The number of hydrogen-bond acceptors (Lipinski definition) is 4.